The highest BCUT2D eigenvalue weighted by Crippen LogP contribution is 2.23. The van der Waals surface area contributed by atoms with E-state index in [1.807, 2.05) is 0 Å². The summed E-state index contributed by atoms with van der Waals surface area (Å²) in [6.45, 7) is 0. The first-order valence-corrected chi connectivity index (χ1v) is 7.25. The van der Waals surface area contributed by atoms with Crippen LogP contribution in [0.5, 0.6) is 0 Å². The lowest BCUT2D eigenvalue weighted by atomic mass is 10.2. The minimum absolute atomic E-state index is 0.261. The molecule has 0 spiro atoms. The van der Waals surface area contributed by atoms with E-state index in [2.05, 4.69) is 15.2 Å². The van der Waals surface area contributed by atoms with Gasteiger partial charge in [-0.3, -0.25) is 5.10 Å². The van der Waals surface area contributed by atoms with Crippen molar-refractivity contribution in [1.29, 1.82) is 0 Å². The number of hydrogen-bond donors (Lipinski definition) is 1. The summed E-state index contributed by atoms with van der Waals surface area (Å²) in [5.74, 6) is 0.413. The number of aromatic amines is 1. The Morgan fingerprint density at radius 1 is 1.00 bits per heavy atom. The third kappa shape index (κ3) is 3.28. The van der Waals surface area contributed by atoms with Gasteiger partial charge in [0, 0.05) is 5.75 Å². The van der Waals surface area contributed by atoms with Gasteiger partial charge in [0.2, 0.25) is 5.16 Å². The van der Waals surface area contributed by atoms with Crippen molar-refractivity contribution in [1.82, 2.24) is 15.2 Å². The molecule has 1 N–H and O–H groups in total. The van der Waals surface area contributed by atoms with E-state index in [1.54, 1.807) is 30.3 Å². The van der Waals surface area contributed by atoms with Gasteiger partial charge in [0.25, 0.3) is 0 Å². The number of benzene rings is 2. The van der Waals surface area contributed by atoms with E-state index in [9.17, 15) is 8.78 Å². The van der Waals surface area contributed by atoms with Crippen LogP contribution in [0, 0.1) is 11.6 Å². The molecular weight excluding hydrogens is 292 g/mol. The lowest BCUT2D eigenvalue weighted by Crippen LogP contribution is -1.85. The number of rotatable bonds is 4. The van der Waals surface area contributed by atoms with Crippen LogP contribution in [0.25, 0.3) is 11.4 Å². The Balaban J connectivity index is 1.71. The fourth-order valence-electron chi connectivity index (χ4n) is 1.81. The molecule has 0 atom stereocenters. The molecule has 0 aliphatic rings. The van der Waals surface area contributed by atoms with Crippen molar-refractivity contribution in [3.05, 3.63) is 65.7 Å². The van der Waals surface area contributed by atoms with Crippen LogP contribution in [-0.2, 0) is 5.75 Å². The van der Waals surface area contributed by atoms with E-state index in [0.717, 1.165) is 5.56 Å². The highest BCUT2D eigenvalue weighted by molar-refractivity contribution is 7.98. The van der Waals surface area contributed by atoms with Crippen LogP contribution < -0.4 is 0 Å². The molecule has 0 fully saturated rings. The van der Waals surface area contributed by atoms with Crippen LogP contribution in [0.3, 0.4) is 0 Å². The molecular formula is C15H11F2N3S. The van der Waals surface area contributed by atoms with Crippen LogP contribution in [0.2, 0.25) is 0 Å². The monoisotopic (exact) mass is 303 g/mol. The van der Waals surface area contributed by atoms with Crippen molar-refractivity contribution in [3.63, 3.8) is 0 Å². The van der Waals surface area contributed by atoms with Gasteiger partial charge in [0.05, 0.1) is 5.56 Å². The molecule has 0 aliphatic carbocycles. The summed E-state index contributed by atoms with van der Waals surface area (Å²) in [6.07, 6.45) is 0. The third-order valence-electron chi connectivity index (χ3n) is 2.88. The minimum atomic E-state index is -0.344. The molecule has 6 heteroatoms. The zero-order valence-corrected chi connectivity index (χ0v) is 11.7. The summed E-state index contributed by atoms with van der Waals surface area (Å²) in [5.41, 5.74) is 1.36. The van der Waals surface area contributed by atoms with Crippen molar-refractivity contribution in [2.75, 3.05) is 0 Å². The highest BCUT2D eigenvalue weighted by atomic mass is 32.2. The largest absolute Gasteiger partial charge is 0.258 e. The van der Waals surface area contributed by atoms with Crippen molar-refractivity contribution in [3.8, 4) is 11.4 Å². The van der Waals surface area contributed by atoms with Crippen molar-refractivity contribution in [2.24, 2.45) is 0 Å². The fraction of sp³-hybridized carbons (Fsp3) is 0.0667. The van der Waals surface area contributed by atoms with Gasteiger partial charge in [-0.05, 0) is 29.8 Å². The molecule has 1 aromatic heterocycles. The Morgan fingerprint density at radius 2 is 1.76 bits per heavy atom. The third-order valence-corrected chi connectivity index (χ3v) is 3.79. The number of H-pyrrole nitrogens is 1. The second kappa shape index (κ2) is 6.05. The van der Waals surface area contributed by atoms with Gasteiger partial charge < -0.3 is 0 Å². The summed E-state index contributed by atoms with van der Waals surface area (Å²) < 4.78 is 26.4. The Kier molecular flexibility index (Phi) is 3.96. The predicted octanol–water partition coefficient (Wildman–Crippen LogP) is 4.04. The maximum Gasteiger partial charge on any atom is 0.209 e. The molecule has 0 saturated heterocycles. The molecule has 21 heavy (non-hydrogen) atoms. The lowest BCUT2D eigenvalue weighted by Gasteiger charge is -1.98. The maximum atomic E-state index is 13.6. The normalized spacial score (nSPS) is 10.8. The predicted molar refractivity (Wildman–Crippen MR) is 77.7 cm³/mol. The Morgan fingerprint density at radius 3 is 2.52 bits per heavy atom. The smallest absolute Gasteiger partial charge is 0.209 e. The Labute approximate surface area is 124 Å². The van der Waals surface area contributed by atoms with Crippen molar-refractivity contribution < 1.29 is 8.78 Å². The second-order valence-corrected chi connectivity index (χ2v) is 5.30. The van der Waals surface area contributed by atoms with Crippen molar-refractivity contribution >= 4 is 11.8 Å². The van der Waals surface area contributed by atoms with Gasteiger partial charge in [-0.25, -0.2) is 13.8 Å². The van der Waals surface area contributed by atoms with Gasteiger partial charge in [0.1, 0.15) is 11.6 Å². The number of thioether (sulfide) groups is 1. The molecule has 1 heterocycles. The molecule has 106 valence electrons. The van der Waals surface area contributed by atoms with Crippen LogP contribution in [0.1, 0.15) is 5.56 Å². The fourth-order valence-corrected chi connectivity index (χ4v) is 2.57. The van der Waals surface area contributed by atoms with Crippen LogP contribution in [0.15, 0.2) is 53.7 Å². The molecule has 0 saturated carbocycles. The molecule has 3 nitrogen and oxygen atoms in total. The number of aromatic nitrogens is 3. The standard InChI is InChI=1S/C15H11F2N3S/c16-11-7-5-10(6-8-11)9-21-15-18-14(19-20-15)12-3-1-2-4-13(12)17/h1-8H,9H2,(H,18,19,20). The summed E-state index contributed by atoms with van der Waals surface area (Å²) in [7, 11) is 0. The van der Waals surface area contributed by atoms with E-state index >= 15 is 0 Å². The lowest BCUT2D eigenvalue weighted by molar-refractivity contribution is 0.627. The first kappa shape index (κ1) is 13.8. The Hall–Kier alpha value is -2.21. The summed E-state index contributed by atoms with van der Waals surface area (Å²) in [5, 5.41) is 7.30. The molecule has 3 rings (SSSR count). The van der Waals surface area contributed by atoms with Gasteiger partial charge in [-0.1, -0.05) is 36.0 Å². The van der Waals surface area contributed by atoms with Gasteiger partial charge in [-0.15, -0.1) is 5.10 Å². The molecule has 0 aliphatic heterocycles. The number of halogens is 2. The molecule has 0 unspecified atom stereocenters. The van der Waals surface area contributed by atoms with E-state index in [0.29, 0.717) is 22.3 Å². The van der Waals surface area contributed by atoms with Crippen LogP contribution >= 0.6 is 11.8 Å². The average molecular weight is 303 g/mol. The second-order valence-electron chi connectivity index (χ2n) is 4.36. The van der Waals surface area contributed by atoms with Crippen LogP contribution in [-0.4, -0.2) is 15.2 Å². The summed E-state index contributed by atoms with van der Waals surface area (Å²) in [6, 6.07) is 12.6. The maximum absolute atomic E-state index is 13.6. The Bertz CT molecular complexity index is 741. The molecule has 0 radical (unpaired) electrons. The zero-order valence-electron chi connectivity index (χ0n) is 10.9. The quantitative estimate of drug-likeness (QED) is 0.740. The molecule has 0 bridgehead atoms. The first-order valence-electron chi connectivity index (χ1n) is 6.27. The van der Waals surface area contributed by atoms with E-state index in [-0.39, 0.29) is 11.6 Å². The highest BCUT2D eigenvalue weighted by Gasteiger charge is 2.10. The summed E-state index contributed by atoms with van der Waals surface area (Å²) >= 11 is 1.40. The van der Waals surface area contributed by atoms with E-state index < -0.39 is 0 Å². The van der Waals surface area contributed by atoms with Crippen LogP contribution in [0.4, 0.5) is 8.78 Å². The molecule has 2 aromatic carbocycles. The summed E-state index contributed by atoms with van der Waals surface area (Å²) in [4.78, 5) is 4.26. The minimum Gasteiger partial charge on any atom is -0.258 e. The zero-order chi connectivity index (χ0) is 14.7. The van der Waals surface area contributed by atoms with Gasteiger partial charge >= 0.3 is 0 Å². The van der Waals surface area contributed by atoms with Gasteiger partial charge in [-0.2, -0.15) is 0 Å². The number of hydrogen-bond acceptors (Lipinski definition) is 3. The molecule has 3 aromatic rings. The van der Waals surface area contributed by atoms with E-state index in [1.165, 1.54) is 30.0 Å². The van der Waals surface area contributed by atoms with Crippen molar-refractivity contribution in [2.45, 2.75) is 10.9 Å². The number of nitrogens with one attached hydrogen (secondary N) is 1. The topological polar surface area (TPSA) is 41.6 Å². The van der Waals surface area contributed by atoms with E-state index in [4.69, 9.17) is 0 Å². The molecule has 0 amide bonds. The SMILES string of the molecule is Fc1ccc(CSc2n[nH]c(-c3ccccc3F)n2)cc1. The average Bonchev–Trinajstić information content (AvgIpc) is 2.96. The van der Waals surface area contributed by atoms with Gasteiger partial charge in [0.15, 0.2) is 5.82 Å². The number of nitrogens with zero attached hydrogens (tertiary/aromatic N) is 2. The first-order chi connectivity index (χ1) is 10.2.